The first-order valence-electron chi connectivity index (χ1n) is 12.9. The summed E-state index contributed by atoms with van der Waals surface area (Å²) < 4.78 is 1.42. The molecule has 2 aromatic rings. The van der Waals surface area contributed by atoms with Gasteiger partial charge < -0.3 is 5.53 Å². The fourth-order valence-electron chi connectivity index (χ4n) is 4.59. The molecule has 0 saturated heterocycles. The minimum atomic E-state index is 0.864. The number of benzene rings is 2. The van der Waals surface area contributed by atoms with Crippen molar-refractivity contribution < 1.29 is 4.70 Å². The van der Waals surface area contributed by atoms with Crippen LogP contribution in [0.1, 0.15) is 93.7 Å². The monoisotopic (exact) mass is 440 g/mol. The minimum Gasteiger partial charge on any atom is -0.493 e. The minimum absolute atomic E-state index is 0.864. The Bertz CT molecular complexity index is 1080. The number of aryl methyl sites for hydroxylation is 4. The molecule has 3 rings (SSSR count). The largest absolute Gasteiger partial charge is 0.493 e. The highest BCUT2D eigenvalue weighted by Crippen LogP contribution is 2.37. The molecule has 0 radical (unpaired) electrons. The van der Waals surface area contributed by atoms with E-state index in [1.165, 1.54) is 52.6 Å². The zero-order valence-corrected chi connectivity index (χ0v) is 21.2. The average molecular weight is 441 g/mol. The lowest BCUT2D eigenvalue weighted by molar-refractivity contribution is -0.344. The molecule has 1 heterocycles. The van der Waals surface area contributed by atoms with Crippen LogP contribution in [0.15, 0.2) is 60.2 Å². The summed E-state index contributed by atoms with van der Waals surface area (Å²) >= 11 is 0. The number of hydrogen-bond acceptors (Lipinski definition) is 0. The topological polar surface area (TPSA) is 25.3 Å². The molecular formula is C31H40N2. The van der Waals surface area contributed by atoms with Crippen LogP contribution in [0.25, 0.3) is 16.9 Å². The summed E-state index contributed by atoms with van der Waals surface area (Å²) in [5.41, 5.74) is 21.8. The first-order chi connectivity index (χ1) is 16.0. The van der Waals surface area contributed by atoms with E-state index < -0.39 is 0 Å². The number of rotatable bonds is 11. The van der Waals surface area contributed by atoms with Crippen molar-refractivity contribution in [2.24, 2.45) is 0 Å². The maximum absolute atomic E-state index is 11.5. The van der Waals surface area contributed by atoms with E-state index in [-0.39, 0.29) is 0 Å². The molecule has 0 fully saturated rings. The van der Waals surface area contributed by atoms with Crippen LogP contribution in [0.5, 0.6) is 0 Å². The zero-order chi connectivity index (χ0) is 23.8. The standard InChI is InChI=1S/C31H40N2/c1-6-11-14-25-16-23(9-4)18-28(20-25)30-22-27(13-8-3)31(33(30)32)29-19-24(10-5)17-26(21-29)15-12-7-2/h8,13,16-22H,6-7,9-12,14-15H2,1-5H3. The van der Waals surface area contributed by atoms with E-state index in [9.17, 15) is 5.53 Å². The van der Waals surface area contributed by atoms with Crippen molar-refractivity contribution in [2.75, 3.05) is 0 Å². The van der Waals surface area contributed by atoms with Crippen molar-refractivity contribution in [1.82, 2.24) is 0 Å². The van der Waals surface area contributed by atoms with Crippen LogP contribution >= 0.6 is 0 Å². The van der Waals surface area contributed by atoms with Gasteiger partial charge in [0, 0.05) is 17.2 Å². The van der Waals surface area contributed by atoms with Crippen LogP contribution in [0.4, 0.5) is 0 Å². The molecule has 0 spiro atoms. The highest BCUT2D eigenvalue weighted by molar-refractivity contribution is 5.81. The Balaban J connectivity index is 2.06. The molecule has 0 amide bonds. The van der Waals surface area contributed by atoms with E-state index in [1.807, 2.05) is 6.92 Å². The van der Waals surface area contributed by atoms with Crippen LogP contribution in [-0.4, -0.2) is 4.70 Å². The van der Waals surface area contributed by atoms with Crippen molar-refractivity contribution in [2.45, 2.75) is 86.0 Å². The van der Waals surface area contributed by atoms with E-state index in [4.69, 9.17) is 0 Å². The molecule has 0 saturated carbocycles. The third-order valence-corrected chi connectivity index (χ3v) is 6.48. The molecule has 0 atom stereocenters. The molecule has 1 aliphatic heterocycles. The van der Waals surface area contributed by atoms with Crippen molar-refractivity contribution in [3.8, 4) is 0 Å². The van der Waals surface area contributed by atoms with Gasteiger partial charge in [-0.1, -0.05) is 64.8 Å². The predicted molar refractivity (Wildman–Crippen MR) is 142 cm³/mol. The van der Waals surface area contributed by atoms with E-state index in [2.05, 4.69) is 82.3 Å². The molecule has 2 aromatic carbocycles. The summed E-state index contributed by atoms with van der Waals surface area (Å²) in [5, 5.41) is 0. The van der Waals surface area contributed by atoms with E-state index in [1.54, 1.807) is 0 Å². The Morgan fingerprint density at radius 3 is 1.76 bits per heavy atom. The summed E-state index contributed by atoms with van der Waals surface area (Å²) in [5.74, 6) is 0. The lowest BCUT2D eigenvalue weighted by Crippen LogP contribution is -2.04. The molecule has 0 bridgehead atoms. The molecule has 33 heavy (non-hydrogen) atoms. The van der Waals surface area contributed by atoms with E-state index in [0.29, 0.717) is 0 Å². The second kappa shape index (κ2) is 11.9. The fraction of sp³-hybridized carbons (Fsp3) is 0.419. The Morgan fingerprint density at radius 2 is 1.24 bits per heavy atom. The van der Waals surface area contributed by atoms with Crippen LogP contribution in [-0.2, 0) is 25.7 Å². The van der Waals surface area contributed by atoms with E-state index in [0.717, 1.165) is 53.8 Å². The van der Waals surface area contributed by atoms with Crippen molar-refractivity contribution in [3.63, 3.8) is 0 Å². The summed E-state index contributed by atoms with van der Waals surface area (Å²) in [6, 6.07) is 13.6. The fourth-order valence-corrected chi connectivity index (χ4v) is 4.59. The summed E-state index contributed by atoms with van der Waals surface area (Å²) in [6.07, 6.45) is 15.2. The smallest absolute Gasteiger partial charge is 0.214 e. The molecule has 0 aliphatic carbocycles. The second-order valence-corrected chi connectivity index (χ2v) is 9.14. The molecule has 1 aliphatic rings. The van der Waals surface area contributed by atoms with Gasteiger partial charge in [-0.3, -0.25) is 0 Å². The Hall–Kier alpha value is -2.74. The average Bonchev–Trinajstić information content (AvgIpc) is 3.16. The van der Waals surface area contributed by atoms with Gasteiger partial charge in [-0.25, -0.2) is 4.70 Å². The van der Waals surface area contributed by atoms with Gasteiger partial charge in [-0.05, 0) is 92.0 Å². The molecule has 2 nitrogen and oxygen atoms in total. The van der Waals surface area contributed by atoms with Gasteiger partial charge in [0.1, 0.15) is 0 Å². The normalized spacial score (nSPS) is 14.0. The molecule has 174 valence electrons. The van der Waals surface area contributed by atoms with Crippen molar-refractivity contribution in [1.29, 1.82) is 0 Å². The first kappa shape index (κ1) is 24.9. The molecule has 0 unspecified atom stereocenters. The second-order valence-electron chi connectivity index (χ2n) is 9.14. The van der Waals surface area contributed by atoms with Crippen molar-refractivity contribution >= 4 is 11.4 Å². The van der Waals surface area contributed by atoms with E-state index >= 15 is 0 Å². The lowest BCUT2D eigenvalue weighted by atomic mass is 9.97. The van der Waals surface area contributed by atoms with Gasteiger partial charge in [0.15, 0.2) is 0 Å². The first-order valence-corrected chi connectivity index (χ1v) is 12.9. The van der Waals surface area contributed by atoms with Crippen LogP contribution in [0, 0.1) is 0 Å². The zero-order valence-electron chi connectivity index (χ0n) is 21.2. The molecule has 0 aromatic heterocycles. The predicted octanol–water partition coefficient (Wildman–Crippen LogP) is 8.87. The van der Waals surface area contributed by atoms with Gasteiger partial charge in [-0.15, -0.1) is 0 Å². The maximum Gasteiger partial charge on any atom is 0.214 e. The maximum atomic E-state index is 11.5. The number of nitrogens with zero attached hydrogens (tertiary/aromatic N) is 2. The molecular weight excluding hydrogens is 400 g/mol. The number of hydrogen-bond donors (Lipinski definition) is 0. The quantitative estimate of drug-likeness (QED) is 0.312. The van der Waals surface area contributed by atoms with Gasteiger partial charge in [0.25, 0.3) is 0 Å². The SMILES string of the molecule is CC=CC1=C(c2cc(CC)cc(CCCC)c2)[N+](=[N-])C(c2cc(CC)cc(CCCC)c2)=C1. The van der Waals surface area contributed by atoms with Gasteiger partial charge in [-0.2, -0.15) is 0 Å². The number of allylic oxidation sites excluding steroid dienone is 4. The third kappa shape index (κ3) is 5.99. The highest BCUT2D eigenvalue weighted by atomic mass is 15.2. The van der Waals surface area contributed by atoms with Gasteiger partial charge in [0.05, 0.1) is 5.57 Å². The Morgan fingerprint density at radius 1 is 0.727 bits per heavy atom. The molecule has 0 N–H and O–H groups in total. The van der Waals surface area contributed by atoms with Crippen molar-refractivity contribution in [3.05, 3.63) is 99.1 Å². The van der Waals surface area contributed by atoms with Gasteiger partial charge in [0.2, 0.25) is 11.4 Å². The lowest BCUT2D eigenvalue weighted by Gasteiger charge is -2.13. The Labute approximate surface area is 201 Å². The summed E-state index contributed by atoms with van der Waals surface area (Å²) in [6.45, 7) is 10.9. The molecule has 2 heteroatoms. The number of unbranched alkanes of at least 4 members (excludes halogenated alkanes) is 2. The van der Waals surface area contributed by atoms with Crippen LogP contribution in [0.3, 0.4) is 0 Å². The Kier molecular flexibility index (Phi) is 9.00. The summed E-state index contributed by atoms with van der Waals surface area (Å²) in [4.78, 5) is 0. The highest BCUT2D eigenvalue weighted by Gasteiger charge is 2.28. The van der Waals surface area contributed by atoms with Gasteiger partial charge >= 0.3 is 0 Å². The summed E-state index contributed by atoms with van der Waals surface area (Å²) in [7, 11) is 0. The van der Waals surface area contributed by atoms with Crippen LogP contribution in [0.2, 0.25) is 0 Å². The third-order valence-electron chi connectivity index (χ3n) is 6.48. The van der Waals surface area contributed by atoms with Crippen LogP contribution < -0.4 is 0 Å².